The van der Waals surface area contributed by atoms with Gasteiger partial charge in [0.05, 0.1) is 5.57 Å². The van der Waals surface area contributed by atoms with E-state index < -0.39 is 16.8 Å². The maximum absolute atomic E-state index is 11.2. The first-order valence-corrected chi connectivity index (χ1v) is 5.02. The lowest BCUT2D eigenvalue weighted by Crippen LogP contribution is -2.37. The number of hydrogen-bond donors (Lipinski definition) is 2. The van der Waals surface area contributed by atoms with Crippen LogP contribution in [0.25, 0.3) is 0 Å². The lowest BCUT2D eigenvalue weighted by atomic mass is 10.1. The van der Waals surface area contributed by atoms with Gasteiger partial charge in [-0.05, 0) is 6.08 Å². The summed E-state index contributed by atoms with van der Waals surface area (Å²) in [6, 6.07) is -0.588. The monoisotopic (exact) mass is 249 g/mol. The highest BCUT2D eigenvalue weighted by Gasteiger charge is 2.26. The van der Waals surface area contributed by atoms with Crippen molar-refractivity contribution in [1.29, 1.82) is 0 Å². The Morgan fingerprint density at radius 3 is 2.67 bits per heavy atom. The van der Waals surface area contributed by atoms with Crippen LogP contribution in [0.1, 0.15) is 0 Å². The summed E-state index contributed by atoms with van der Waals surface area (Å²) in [6.07, 6.45) is 7.36. The zero-order valence-electron chi connectivity index (χ0n) is 9.12. The Morgan fingerprint density at radius 1 is 1.33 bits per heavy atom. The number of amides is 3. The van der Waals surface area contributed by atoms with Crippen molar-refractivity contribution in [1.82, 2.24) is 15.8 Å². The molecule has 0 aromatic rings. The molecular formula is C10H9N4O4-. The molecule has 8 heteroatoms. The molecule has 0 aromatic heterocycles. The highest BCUT2D eigenvalue weighted by molar-refractivity contribution is 6.08. The molecular weight excluding hydrogens is 240 g/mol. The number of imide groups is 1. The molecule has 0 saturated carbocycles. The number of carbonyl (C=O) groups is 2. The van der Waals surface area contributed by atoms with Crippen molar-refractivity contribution in [2.45, 2.75) is 0 Å². The molecule has 8 nitrogen and oxygen atoms in total. The van der Waals surface area contributed by atoms with Crippen LogP contribution >= 0.6 is 0 Å². The van der Waals surface area contributed by atoms with Crippen LogP contribution < -0.4 is 10.7 Å². The summed E-state index contributed by atoms with van der Waals surface area (Å²) in [5.41, 5.74) is 2.77. The first kappa shape index (κ1) is 11.7. The van der Waals surface area contributed by atoms with E-state index in [1.165, 1.54) is 18.4 Å². The van der Waals surface area contributed by atoms with Crippen LogP contribution in [-0.2, 0) is 4.79 Å². The van der Waals surface area contributed by atoms with Crippen LogP contribution in [-0.4, -0.2) is 34.1 Å². The summed E-state index contributed by atoms with van der Waals surface area (Å²) < 4.78 is 0. The molecule has 0 unspecified atom stereocenters. The molecule has 1 heterocycles. The van der Waals surface area contributed by atoms with Gasteiger partial charge in [-0.2, -0.15) is 4.90 Å². The van der Waals surface area contributed by atoms with Crippen LogP contribution in [0, 0.1) is 10.4 Å². The fraction of sp³-hybridized carbons (Fsp3) is 0.100. The Balaban J connectivity index is 2.12. The minimum absolute atomic E-state index is 0.0871. The number of rotatable bonds is 2. The van der Waals surface area contributed by atoms with Gasteiger partial charge in [0, 0.05) is 12.3 Å². The van der Waals surface area contributed by atoms with Gasteiger partial charge in [0.1, 0.15) is 6.54 Å². The molecule has 1 aliphatic carbocycles. The van der Waals surface area contributed by atoms with Crippen LogP contribution in [0.3, 0.4) is 0 Å². The molecule has 3 amide bonds. The number of carbonyl (C=O) groups excluding carboxylic acids is 2. The SMILES string of the molecule is O=C1CN(NC=C2C=CC=CC2=[N+]([O-])[O-])C(=O)N1. The average molecular weight is 249 g/mol. The van der Waals surface area contributed by atoms with E-state index in [0.717, 1.165) is 5.01 Å². The summed E-state index contributed by atoms with van der Waals surface area (Å²) in [5, 5.41) is 24.6. The number of nitrogens with zero attached hydrogens (tertiary/aromatic N) is 2. The highest BCUT2D eigenvalue weighted by Crippen LogP contribution is 2.07. The first-order valence-electron chi connectivity index (χ1n) is 5.02. The van der Waals surface area contributed by atoms with Gasteiger partial charge in [0.15, 0.2) is 0 Å². The van der Waals surface area contributed by atoms with Gasteiger partial charge in [0.25, 0.3) is 0 Å². The summed E-state index contributed by atoms with van der Waals surface area (Å²) in [6.45, 7) is -0.129. The van der Waals surface area contributed by atoms with Crippen molar-refractivity contribution in [3.05, 3.63) is 46.5 Å². The van der Waals surface area contributed by atoms with E-state index in [1.807, 2.05) is 0 Å². The fourth-order valence-electron chi connectivity index (χ4n) is 1.47. The second-order valence-electron chi connectivity index (χ2n) is 3.53. The van der Waals surface area contributed by atoms with Crippen molar-refractivity contribution in [3.8, 4) is 0 Å². The molecule has 0 radical (unpaired) electrons. The summed E-state index contributed by atoms with van der Waals surface area (Å²) >= 11 is 0. The Hall–Kier alpha value is -2.77. The van der Waals surface area contributed by atoms with Gasteiger partial charge in [-0.1, -0.05) is 12.2 Å². The molecule has 94 valence electrons. The molecule has 18 heavy (non-hydrogen) atoms. The molecule has 1 saturated heterocycles. The molecule has 0 aromatic carbocycles. The van der Waals surface area contributed by atoms with E-state index in [0.29, 0.717) is 5.57 Å². The second-order valence-corrected chi connectivity index (χ2v) is 3.53. The van der Waals surface area contributed by atoms with Crippen molar-refractivity contribution < 1.29 is 14.5 Å². The number of allylic oxidation sites excluding steroid dienone is 5. The maximum Gasteiger partial charge on any atom is 0.343 e. The zero-order valence-corrected chi connectivity index (χ0v) is 9.12. The molecule has 0 atom stereocenters. The normalized spacial score (nSPS) is 20.6. The number of nitrogens with one attached hydrogen (secondary N) is 2. The summed E-state index contributed by atoms with van der Waals surface area (Å²) in [7, 11) is 0. The van der Waals surface area contributed by atoms with E-state index >= 15 is 0 Å². The van der Waals surface area contributed by atoms with E-state index in [-0.39, 0.29) is 12.3 Å². The fourth-order valence-corrected chi connectivity index (χ4v) is 1.47. The minimum atomic E-state index is -0.588. The third-order valence-corrected chi connectivity index (χ3v) is 2.30. The van der Waals surface area contributed by atoms with Crippen molar-refractivity contribution in [2.75, 3.05) is 6.54 Å². The second kappa shape index (κ2) is 4.62. The van der Waals surface area contributed by atoms with Gasteiger partial charge >= 0.3 is 6.03 Å². The number of hydrogen-bond acceptors (Lipinski definition) is 5. The standard InChI is InChI=1S/C10H9N4O4/c15-9-6-13(10(16)12-9)11-5-7-3-1-2-4-8(7)14(17)18/h1-5,11H,6H2,(H-,12,15,16,17,18)/q-1. The van der Waals surface area contributed by atoms with Gasteiger partial charge in [0.2, 0.25) is 11.6 Å². The topological polar surface area (TPSA) is 111 Å². The quantitative estimate of drug-likeness (QED) is 0.389. The molecule has 2 aliphatic rings. The number of hydrazine groups is 1. The summed E-state index contributed by atoms with van der Waals surface area (Å²) in [4.78, 5) is 21.6. The first-order chi connectivity index (χ1) is 8.58. The van der Waals surface area contributed by atoms with E-state index in [4.69, 9.17) is 0 Å². The van der Waals surface area contributed by atoms with Gasteiger partial charge in [-0.3, -0.25) is 10.1 Å². The smallest absolute Gasteiger partial charge is 0.343 e. The van der Waals surface area contributed by atoms with Gasteiger partial charge < -0.3 is 15.8 Å². The predicted octanol–water partition coefficient (Wildman–Crippen LogP) is -0.498. The maximum atomic E-state index is 11.2. The van der Waals surface area contributed by atoms with Crippen LogP contribution in [0.5, 0.6) is 0 Å². The van der Waals surface area contributed by atoms with Gasteiger partial charge in [-0.15, -0.1) is 0 Å². The lowest BCUT2D eigenvalue weighted by molar-refractivity contribution is -0.377. The Kier molecular flexibility index (Phi) is 3.00. The van der Waals surface area contributed by atoms with E-state index in [2.05, 4.69) is 10.7 Å². The van der Waals surface area contributed by atoms with E-state index in [1.54, 1.807) is 12.2 Å². The molecule has 2 rings (SSSR count). The minimum Gasteiger partial charge on any atom is -0.612 e. The number of urea groups is 1. The zero-order chi connectivity index (χ0) is 13.1. The van der Waals surface area contributed by atoms with Gasteiger partial charge in [-0.25, -0.2) is 9.80 Å². The van der Waals surface area contributed by atoms with E-state index in [9.17, 15) is 20.0 Å². The van der Waals surface area contributed by atoms with Crippen LogP contribution in [0.15, 0.2) is 36.1 Å². The third kappa shape index (κ3) is 2.32. The molecule has 1 aliphatic heterocycles. The average Bonchev–Trinajstić information content (AvgIpc) is 2.65. The van der Waals surface area contributed by atoms with Crippen LogP contribution in [0.4, 0.5) is 4.79 Å². The largest absolute Gasteiger partial charge is 0.612 e. The molecule has 0 bridgehead atoms. The van der Waals surface area contributed by atoms with Crippen molar-refractivity contribution in [3.63, 3.8) is 0 Å². The Morgan fingerprint density at radius 2 is 2.06 bits per heavy atom. The Bertz CT molecular complexity index is 514. The van der Waals surface area contributed by atoms with Crippen molar-refractivity contribution >= 4 is 17.6 Å². The highest BCUT2D eigenvalue weighted by atomic mass is 16.8. The lowest BCUT2D eigenvalue weighted by Gasteiger charge is -2.15. The third-order valence-electron chi connectivity index (χ3n) is 2.30. The summed E-state index contributed by atoms with van der Waals surface area (Å²) in [5.74, 6) is -0.427. The predicted molar refractivity (Wildman–Crippen MR) is 61.7 cm³/mol. The molecule has 1 fully saturated rings. The Labute approximate surface area is 102 Å². The van der Waals surface area contributed by atoms with Crippen molar-refractivity contribution in [2.24, 2.45) is 0 Å². The van der Waals surface area contributed by atoms with Crippen LogP contribution in [0.2, 0.25) is 0 Å². The molecule has 2 N–H and O–H groups in total. The molecule has 0 spiro atoms.